The van der Waals surface area contributed by atoms with E-state index in [0.717, 1.165) is 5.56 Å². The highest BCUT2D eigenvalue weighted by atomic mass is 79.9. The van der Waals surface area contributed by atoms with Gasteiger partial charge in [-0.3, -0.25) is 4.79 Å². The number of carbonyl (C=O) groups excluding carboxylic acids is 1. The fraction of sp³-hybridized carbons (Fsp3) is 0.286. The first kappa shape index (κ1) is 14.6. The van der Waals surface area contributed by atoms with E-state index in [4.69, 9.17) is 9.15 Å². The lowest BCUT2D eigenvalue weighted by Crippen LogP contribution is -2.23. The van der Waals surface area contributed by atoms with Crippen molar-refractivity contribution >= 4 is 21.8 Å². The molecule has 1 amide bonds. The van der Waals surface area contributed by atoms with Gasteiger partial charge in [-0.25, -0.2) is 4.98 Å². The Balaban J connectivity index is 2.02. The molecule has 6 heteroatoms. The smallest absolute Gasteiger partial charge is 0.287 e. The molecule has 0 spiro atoms. The molecule has 0 saturated carbocycles. The molecule has 0 saturated heterocycles. The van der Waals surface area contributed by atoms with Crippen LogP contribution in [0.15, 0.2) is 39.5 Å². The summed E-state index contributed by atoms with van der Waals surface area (Å²) in [5.41, 5.74) is 0.820. The molecular formula is C14H15BrN2O3. The van der Waals surface area contributed by atoms with Gasteiger partial charge in [0.1, 0.15) is 0 Å². The Bertz CT molecular complexity index is 596. The minimum Gasteiger partial charge on any atom is -0.475 e. The van der Waals surface area contributed by atoms with Gasteiger partial charge in [-0.1, -0.05) is 6.07 Å². The van der Waals surface area contributed by atoms with Gasteiger partial charge in [0.05, 0.1) is 6.10 Å². The van der Waals surface area contributed by atoms with E-state index in [2.05, 4.69) is 26.2 Å². The van der Waals surface area contributed by atoms with Crippen molar-refractivity contribution in [2.45, 2.75) is 26.5 Å². The van der Waals surface area contributed by atoms with Crippen LogP contribution < -0.4 is 10.1 Å². The second-order valence-corrected chi connectivity index (χ2v) is 5.20. The van der Waals surface area contributed by atoms with Gasteiger partial charge in [-0.2, -0.15) is 0 Å². The lowest BCUT2D eigenvalue weighted by atomic mass is 10.2. The van der Waals surface area contributed by atoms with Crippen LogP contribution in [0.4, 0.5) is 0 Å². The van der Waals surface area contributed by atoms with Crippen LogP contribution in [-0.2, 0) is 6.54 Å². The summed E-state index contributed by atoms with van der Waals surface area (Å²) in [5.74, 6) is 0.505. The zero-order chi connectivity index (χ0) is 14.5. The summed E-state index contributed by atoms with van der Waals surface area (Å²) < 4.78 is 11.3. The number of ether oxygens (including phenoxy) is 1. The second-order valence-electron chi connectivity index (χ2n) is 4.42. The number of halogens is 1. The highest BCUT2D eigenvalue weighted by Crippen LogP contribution is 2.17. The lowest BCUT2D eigenvalue weighted by Gasteiger charge is -2.12. The standard InChI is InChI=1S/C14H15BrN2O3/c1-9(2)19-14-10(4-3-7-16-14)8-17-13(18)11-5-6-12(15)20-11/h3-7,9H,8H2,1-2H3,(H,17,18). The topological polar surface area (TPSA) is 64.4 Å². The predicted molar refractivity (Wildman–Crippen MR) is 77.6 cm³/mol. The molecule has 0 aliphatic carbocycles. The Hall–Kier alpha value is -1.82. The van der Waals surface area contributed by atoms with Gasteiger partial charge in [-0.15, -0.1) is 0 Å². The molecular weight excluding hydrogens is 324 g/mol. The molecule has 0 aliphatic rings. The number of amides is 1. The number of hydrogen-bond donors (Lipinski definition) is 1. The molecule has 0 fully saturated rings. The summed E-state index contributed by atoms with van der Waals surface area (Å²) in [6, 6.07) is 6.95. The van der Waals surface area contributed by atoms with Gasteiger partial charge >= 0.3 is 0 Å². The molecule has 0 atom stereocenters. The van der Waals surface area contributed by atoms with E-state index in [-0.39, 0.29) is 17.8 Å². The molecule has 0 aliphatic heterocycles. The minimum atomic E-state index is -0.282. The Morgan fingerprint density at radius 1 is 1.45 bits per heavy atom. The van der Waals surface area contributed by atoms with Crippen LogP contribution in [0.1, 0.15) is 30.0 Å². The van der Waals surface area contributed by atoms with Crippen LogP contribution in [0.3, 0.4) is 0 Å². The van der Waals surface area contributed by atoms with E-state index in [1.54, 1.807) is 24.4 Å². The van der Waals surface area contributed by atoms with Crippen LogP contribution in [0.25, 0.3) is 0 Å². The number of nitrogens with zero attached hydrogens (tertiary/aromatic N) is 1. The maximum atomic E-state index is 11.9. The normalized spacial score (nSPS) is 10.6. The van der Waals surface area contributed by atoms with Crippen molar-refractivity contribution in [3.63, 3.8) is 0 Å². The van der Waals surface area contributed by atoms with Crippen molar-refractivity contribution in [2.75, 3.05) is 0 Å². The Labute approximate surface area is 125 Å². The average molecular weight is 339 g/mol. The molecule has 0 aromatic carbocycles. The van der Waals surface area contributed by atoms with Gasteiger partial charge in [0.25, 0.3) is 5.91 Å². The zero-order valence-corrected chi connectivity index (χ0v) is 12.8. The first-order valence-corrected chi connectivity index (χ1v) is 6.99. The van der Waals surface area contributed by atoms with Crippen LogP contribution in [0.5, 0.6) is 5.88 Å². The van der Waals surface area contributed by atoms with Gasteiger partial charge in [0, 0.05) is 18.3 Å². The molecule has 1 N–H and O–H groups in total. The fourth-order valence-corrected chi connectivity index (χ4v) is 1.89. The van der Waals surface area contributed by atoms with E-state index < -0.39 is 0 Å². The summed E-state index contributed by atoms with van der Waals surface area (Å²) in [6.07, 6.45) is 1.69. The van der Waals surface area contributed by atoms with Crippen molar-refractivity contribution < 1.29 is 13.9 Å². The molecule has 2 heterocycles. The van der Waals surface area contributed by atoms with Crippen molar-refractivity contribution in [1.82, 2.24) is 10.3 Å². The van der Waals surface area contributed by atoms with Crippen LogP contribution in [-0.4, -0.2) is 17.0 Å². The summed E-state index contributed by atoms with van der Waals surface area (Å²) in [7, 11) is 0. The number of nitrogens with one attached hydrogen (secondary N) is 1. The number of aromatic nitrogens is 1. The Morgan fingerprint density at radius 2 is 2.25 bits per heavy atom. The number of pyridine rings is 1. The number of furan rings is 1. The number of carbonyl (C=O) groups is 1. The van der Waals surface area contributed by atoms with Gasteiger partial charge in [-0.05, 0) is 48.0 Å². The second kappa shape index (κ2) is 6.56. The molecule has 2 rings (SSSR count). The van der Waals surface area contributed by atoms with Crippen molar-refractivity contribution in [3.8, 4) is 5.88 Å². The monoisotopic (exact) mass is 338 g/mol. The molecule has 0 bridgehead atoms. The molecule has 2 aromatic rings. The Kier molecular flexibility index (Phi) is 4.79. The number of rotatable bonds is 5. The van der Waals surface area contributed by atoms with E-state index >= 15 is 0 Å². The minimum absolute atomic E-state index is 0.0281. The maximum Gasteiger partial charge on any atom is 0.287 e. The van der Waals surface area contributed by atoms with E-state index in [0.29, 0.717) is 17.1 Å². The summed E-state index contributed by atoms with van der Waals surface area (Å²) in [5, 5.41) is 2.77. The average Bonchev–Trinajstić information content (AvgIpc) is 2.83. The predicted octanol–water partition coefficient (Wildman–Crippen LogP) is 3.15. The first-order chi connectivity index (χ1) is 9.56. The van der Waals surface area contributed by atoms with Crippen molar-refractivity contribution in [1.29, 1.82) is 0 Å². The summed E-state index contributed by atoms with van der Waals surface area (Å²) in [6.45, 7) is 4.18. The summed E-state index contributed by atoms with van der Waals surface area (Å²) >= 11 is 3.16. The quantitative estimate of drug-likeness (QED) is 0.909. The molecule has 0 unspecified atom stereocenters. The van der Waals surface area contributed by atoms with Gasteiger partial charge in [0.2, 0.25) is 5.88 Å². The lowest BCUT2D eigenvalue weighted by molar-refractivity contribution is 0.0921. The number of hydrogen-bond acceptors (Lipinski definition) is 4. The van der Waals surface area contributed by atoms with Crippen LogP contribution in [0.2, 0.25) is 0 Å². The SMILES string of the molecule is CC(C)Oc1ncccc1CNC(=O)c1ccc(Br)o1. The third kappa shape index (κ3) is 3.84. The van der Waals surface area contributed by atoms with E-state index in [1.165, 1.54) is 0 Å². The fourth-order valence-electron chi connectivity index (χ4n) is 1.59. The zero-order valence-electron chi connectivity index (χ0n) is 11.2. The molecule has 106 valence electrons. The molecule has 0 radical (unpaired) electrons. The summed E-state index contributed by atoms with van der Waals surface area (Å²) in [4.78, 5) is 16.0. The van der Waals surface area contributed by atoms with E-state index in [1.807, 2.05) is 19.9 Å². The largest absolute Gasteiger partial charge is 0.475 e. The van der Waals surface area contributed by atoms with Crippen molar-refractivity contribution in [2.24, 2.45) is 0 Å². The first-order valence-electron chi connectivity index (χ1n) is 6.20. The maximum absolute atomic E-state index is 11.9. The Morgan fingerprint density at radius 3 is 2.90 bits per heavy atom. The third-order valence-corrected chi connectivity index (χ3v) is 2.86. The molecule has 2 aromatic heterocycles. The van der Waals surface area contributed by atoms with Crippen molar-refractivity contribution in [3.05, 3.63) is 46.5 Å². The highest BCUT2D eigenvalue weighted by molar-refractivity contribution is 9.10. The molecule has 5 nitrogen and oxygen atoms in total. The van der Waals surface area contributed by atoms with Crippen LogP contribution >= 0.6 is 15.9 Å². The van der Waals surface area contributed by atoms with E-state index in [9.17, 15) is 4.79 Å². The highest BCUT2D eigenvalue weighted by Gasteiger charge is 2.12. The molecule has 20 heavy (non-hydrogen) atoms. The third-order valence-electron chi connectivity index (χ3n) is 2.43. The van der Waals surface area contributed by atoms with Gasteiger partial charge in [0.15, 0.2) is 10.4 Å². The van der Waals surface area contributed by atoms with Gasteiger partial charge < -0.3 is 14.5 Å². The van der Waals surface area contributed by atoms with Crippen LogP contribution in [0, 0.1) is 0 Å².